The minimum Gasteiger partial charge on any atom is -0.327 e. The van der Waals surface area contributed by atoms with Crippen molar-refractivity contribution in [2.24, 2.45) is 0 Å². The Kier molecular flexibility index (Phi) is 7.21. The fourth-order valence-corrected chi connectivity index (χ4v) is 10.3. The van der Waals surface area contributed by atoms with Crippen molar-refractivity contribution in [3.8, 4) is 0 Å². The molecule has 0 heterocycles. The molecule has 0 aliphatic carbocycles. The van der Waals surface area contributed by atoms with E-state index in [-0.39, 0.29) is 0 Å². The molecule has 0 aliphatic heterocycles. The first kappa shape index (κ1) is 17.8. The molecule has 0 radical (unpaired) electrons. The molecule has 0 bridgehead atoms. The van der Waals surface area contributed by atoms with Crippen molar-refractivity contribution in [3.05, 3.63) is 60.7 Å². The van der Waals surface area contributed by atoms with E-state index in [1.165, 1.54) is 10.6 Å². The van der Waals surface area contributed by atoms with Crippen LogP contribution in [0.4, 0.5) is 0 Å². The van der Waals surface area contributed by atoms with Gasteiger partial charge in [-0.15, -0.1) is 0 Å². The van der Waals surface area contributed by atoms with Crippen LogP contribution in [0.5, 0.6) is 0 Å². The smallest absolute Gasteiger partial charge is 0.226 e. The first-order chi connectivity index (χ1) is 10.7. The molecule has 118 valence electrons. The Morgan fingerprint density at radius 2 is 1.23 bits per heavy atom. The maximum atomic E-state index is 5.87. The van der Waals surface area contributed by atoms with E-state index in [4.69, 9.17) is 20.9 Å². The Bertz CT molecular complexity index is 555. The summed E-state index contributed by atoms with van der Waals surface area (Å²) in [5.74, 6) is 0.822. The second-order valence-corrected chi connectivity index (χ2v) is 11.6. The molecule has 0 amide bonds. The molecule has 0 fully saturated rings. The maximum absolute atomic E-state index is 5.87. The molecular weight excluding hydrogens is 330 g/mol. The lowest BCUT2D eigenvalue weighted by molar-refractivity contribution is 0.270. The number of benzene rings is 2. The molecule has 5 heteroatoms. The van der Waals surface area contributed by atoms with Gasteiger partial charge >= 0.3 is 0 Å². The average molecular weight is 353 g/mol. The standard InChI is InChI=1S/C17H22O2P2S/c1-3-18-21(22,19-4-2)15-20(16-11-7-5-8-12-16)17-13-9-6-10-14-17/h5-14H,3-4,15H2,1-2H3/p+1. The van der Waals surface area contributed by atoms with E-state index in [1.54, 1.807) is 0 Å². The molecule has 0 aliphatic rings. The van der Waals surface area contributed by atoms with E-state index in [0.717, 1.165) is 5.90 Å². The quantitative estimate of drug-likeness (QED) is 0.663. The summed E-state index contributed by atoms with van der Waals surface area (Å²) < 4.78 is 11.7. The highest BCUT2D eigenvalue weighted by Gasteiger charge is 2.32. The van der Waals surface area contributed by atoms with Gasteiger partial charge in [0, 0.05) is 0 Å². The summed E-state index contributed by atoms with van der Waals surface area (Å²) >= 11 is 5.77. The molecule has 22 heavy (non-hydrogen) atoms. The molecule has 0 atom stereocenters. The molecule has 0 spiro atoms. The first-order valence-electron chi connectivity index (χ1n) is 7.53. The molecule has 2 aromatic carbocycles. The lowest BCUT2D eigenvalue weighted by Gasteiger charge is -2.22. The van der Waals surface area contributed by atoms with Crippen LogP contribution in [0.3, 0.4) is 0 Å². The van der Waals surface area contributed by atoms with Gasteiger partial charge in [-0.05, 0) is 49.9 Å². The van der Waals surface area contributed by atoms with Crippen molar-refractivity contribution in [1.82, 2.24) is 0 Å². The Labute approximate surface area is 139 Å². The summed E-state index contributed by atoms with van der Waals surface area (Å²) in [4.78, 5) is 0. The third-order valence-electron chi connectivity index (χ3n) is 3.25. The summed E-state index contributed by atoms with van der Waals surface area (Å²) in [6.45, 7) is 2.95. The fourth-order valence-electron chi connectivity index (χ4n) is 2.34. The van der Waals surface area contributed by atoms with E-state index >= 15 is 0 Å². The van der Waals surface area contributed by atoms with Crippen LogP contribution in [0.15, 0.2) is 60.7 Å². The molecule has 2 rings (SSSR count). The van der Waals surface area contributed by atoms with Gasteiger partial charge in [-0.2, -0.15) is 0 Å². The number of hydrogen-bond donors (Lipinski definition) is 0. The van der Waals surface area contributed by atoms with Crippen molar-refractivity contribution >= 4 is 36.8 Å². The number of hydrogen-bond acceptors (Lipinski definition) is 3. The van der Waals surface area contributed by atoms with Gasteiger partial charge in [0.15, 0.2) is 0 Å². The van der Waals surface area contributed by atoms with E-state index in [2.05, 4.69) is 60.7 Å². The van der Waals surface area contributed by atoms with Crippen LogP contribution in [0.25, 0.3) is 0 Å². The molecule has 0 aromatic heterocycles. The van der Waals surface area contributed by atoms with Crippen LogP contribution in [0.2, 0.25) is 0 Å². The van der Waals surface area contributed by atoms with Crippen molar-refractivity contribution in [2.45, 2.75) is 13.8 Å². The normalized spacial score (nSPS) is 11.8. The number of rotatable bonds is 8. The van der Waals surface area contributed by atoms with E-state index in [0.29, 0.717) is 13.2 Å². The van der Waals surface area contributed by atoms with Crippen LogP contribution < -0.4 is 10.6 Å². The van der Waals surface area contributed by atoms with Crippen molar-refractivity contribution < 1.29 is 9.05 Å². The zero-order chi connectivity index (χ0) is 15.8. The van der Waals surface area contributed by atoms with Gasteiger partial charge in [-0.1, -0.05) is 36.4 Å². The van der Waals surface area contributed by atoms with Crippen LogP contribution in [0.1, 0.15) is 13.8 Å². The second kappa shape index (κ2) is 8.91. The second-order valence-electron chi connectivity index (χ2n) is 4.82. The van der Waals surface area contributed by atoms with Gasteiger partial charge in [0.1, 0.15) is 5.90 Å². The van der Waals surface area contributed by atoms with Gasteiger partial charge in [-0.3, -0.25) is 0 Å². The molecule has 2 aromatic rings. The summed E-state index contributed by atoms with van der Waals surface area (Å²) in [5, 5.41) is 2.71. The zero-order valence-electron chi connectivity index (χ0n) is 13.1. The summed E-state index contributed by atoms with van der Waals surface area (Å²) in [7, 11) is -1.01. The van der Waals surface area contributed by atoms with E-state index in [9.17, 15) is 0 Å². The Balaban J connectivity index is 2.35. The first-order valence-corrected chi connectivity index (χ1v) is 12.1. The van der Waals surface area contributed by atoms with Gasteiger partial charge in [0.05, 0.1) is 31.7 Å². The zero-order valence-corrected chi connectivity index (χ0v) is 15.8. The van der Waals surface area contributed by atoms with Crippen LogP contribution in [0, 0.1) is 0 Å². The van der Waals surface area contributed by atoms with Gasteiger partial charge in [0.2, 0.25) is 6.49 Å². The summed E-state index contributed by atoms with van der Waals surface area (Å²) in [6, 6.07) is 21.2. The summed E-state index contributed by atoms with van der Waals surface area (Å²) in [6.07, 6.45) is 0. The third kappa shape index (κ3) is 4.98. The predicted molar refractivity (Wildman–Crippen MR) is 103 cm³/mol. The Hall–Kier alpha value is -0.560. The largest absolute Gasteiger partial charge is 0.327 e. The Morgan fingerprint density at radius 3 is 1.59 bits per heavy atom. The van der Waals surface area contributed by atoms with E-state index in [1.807, 2.05) is 13.8 Å². The SMILES string of the molecule is CCOP(=S)(C[PH+](c1ccccc1)c1ccccc1)OCC. The molecule has 0 saturated heterocycles. The molecule has 2 nitrogen and oxygen atoms in total. The highest BCUT2D eigenvalue weighted by molar-refractivity contribution is 8.13. The summed E-state index contributed by atoms with van der Waals surface area (Å²) in [5.41, 5.74) is 0. The maximum Gasteiger partial charge on any atom is 0.226 e. The monoisotopic (exact) mass is 353 g/mol. The highest BCUT2D eigenvalue weighted by atomic mass is 32.5. The molecule has 0 saturated carbocycles. The Morgan fingerprint density at radius 1 is 0.818 bits per heavy atom. The van der Waals surface area contributed by atoms with Crippen LogP contribution in [-0.4, -0.2) is 19.1 Å². The van der Waals surface area contributed by atoms with Gasteiger partial charge in [-0.25, -0.2) is 0 Å². The highest BCUT2D eigenvalue weighted by Crippen LogP contribution is 2.57. The molecule has 0 unspecified atom stereocenters. The van der Waals surface area contributed by atoms with Gasteiger partial charge < -0.3 is 9.05 Å². The average Bonchev–Trinajstić information content (AvgIpc) is 2.55. The lowest BCUT2D eigenvalue weighted by Crippen LogP contribution is -2.15. The topological polar surface area (TPSA) is 18.5 Å². The fraction of sp³-hybridized carbons (Fsp3) is 0.294. The van der Waals surface area contributed by atoms with Crippen molar-refractivity contribution in [3.63, 3.8) is 0 Å². The van der Waals surface area contributed by atoms with Crippen molar-refractivity contribution in [2.75, 3.05) is 19.1 Å². The van der Waals surface area contributed by atoms with Crippen LogP contribution >= 0.6 is 14.4 Å². The minimum absolute atomic E-state index is 0.607. The molecule has 0 N–H and O–H groups in total. The van der Waals surface area contributed by atoms with E-state index < -0.39 is 14.4 Å². The molecular formula is C17H23O2P2S+. The van der Waals surface area contributed by atoms with Gasteiger partial charge in [0.25, 0.3) is 0 Å². The third-order valence-corrected chi connectivity index (χ3v) is 11.2. The van der Waals surface area contributed by atoms with Crippen LogP contribution in [-0.2, 0) is 20.9 Å². The van der Waals surface area contributed by atoms with Crippen molar-refractivity contribution in [1.29, 1.82) is 0 Å². The predicted octanol–water partition coefficient (Wildman–Crippen LogP) is 4.19. The minimum atomic E-state index is -2.23. The lowest BCUT2D eigenvalue weighted by atomic mass is 10.4.